The summed E-state index contributed by atoms with van der Waals surface area (Å²) in [6.07, 6.45) is 7.42. The first-order valence-corrected chi connectivity index (χ1v) is 10.2. The minimum Gasteiger partial charge on any atom is -0.395 e. The molecule has 29 heavy (non-hydrogen) atoms. The van der Waals surface area contributed by atoms with Crippen LogP contribution in [0.3, 0.4) is 0 Å². The van der Waals surface area contributed by atoms with Crippen LogP contribution in [0, 0.1) is 11.8 Å². The fourth-order valence-corrected chi connectivity index (χ4v) is 5.47. The summed E-state index contributed by atoms with van der Waals surface area (Å²) < 4.78 is 6.58. The Morgan fingerprint density at radius 1 is 1.10 bits per heavy atom. The summed E-state index contributed by atoms with van der Waals surface area (Å²) in [6.45, 7) is 6.30. The first-order chi connectivity index (χ1) is 13.7. The van der Waals surface area contributed by atoms with E-state index in [1.165, 1.54) is 4.90 Å². The smallest absolute Gasteiger partial charge is 0.249 e. The summed E-state index contributed by atoms with van der Waals surface area (Å²) in [4.78, 5) is 45.1. The van der Waals surface area contributed by atoms with Crippen molar-refractivity contribution in [3.8, 4) is 0 Å². The van der Waals surface area contributed by atoms with E-state index in [0.717, 1.165) is 0 Å². The Kier molecular flexibility index (Phi) is 4.62. The first-order valence-electron chi connectivity index (χ1n) is 10.2. The molecule has 1 spiro atoms. The number of ether oxygens (including phenoxy) is 1. The van der Waals surface area contributed by atoms with Gasteiger partial charge in [0.1, 0.15) is 11.6 Å². The lowest BCUT2D eigenvalue weighted by Gasteiger charge is -2.38. The number of hydrogen-bond donors (Lipinski definition) is 1. The maximum Gasteiger partial charge on any atom is 0.249 e. The third-order valence-electron chi connectivity index (χ3n) is 6.75. The monoisotopic (exact) mass is 403 g/mol. The van der Waals surface area contributed by atoms with Crippen LogP contribution < -0.4 is 0 Å². The SMILES string of the molecule is CC(C)N1CC=C[C@]23O[C@]4(C)C=CCN(C)C(=O)[C@@H]4[C@H]2C(=O)N(CCO)C3C1=O. The lowest BCUT2D eigenvalue weighted by Crippen LogP contribution is -2.57. The van der Waals surface area contributed by atoms with E-state index < -0.39 is 29.1 Å². The van der Waals surface area contributed by atoms with E-state index in [-0.39, 0.29) is 36.9 Å². The molecule has 2 saturated heterocycles. The summed E-state index contributed by atoms with van der Waals surface area (Å²) in [6, 6.07) is -0.953. The molecule has 0 aromatic carbocycles. The van der Waals surface area contributed by atoms with Gasteiger partial charge >= 0.3 is 0 Å². The molecular formula is C21H29N3O5. The fourth-order valence-electron chi connectivity index (χ4n) is 5.47. The summed E-state index contributed by atoms with van der Waals surface area (Å²) in [5, 5.41) is 9.59. The number of rotatable bonds is 3. The van der Waals surface area contributed by atoms with Crippen LogP contribution in [-0.4, -0.2) is 94.1 Å². The van der Waals surface area contributed by atoms with Crippen molar-refractivity contribution in [2.45, 2.75) is 44.1 Å². The second-order valence-electron chi connectivity index (χ2n) is 8.86. The first kappa shape index (κ1) is 20.1. The second kappa shape index (κ2) is 6.67. The van der Waals surface area contributed by atoms with Gasteiger partial charge in [0.25, 0.3) is 0 Å². The highest BCUT2D eigenvalue weighted by Crippen LogP contribution is 2.57. The van der Waals surface area contributed by atoms with E-state index >= 15 is 0 Å². The molecule has 8 heteroatoms. The molecule has 4 heterocycles. The van der Waals surface area contributed by atoms with Gasteiger partial charge in [-0.2, -0.15) is 0 Å². The molecule has 0 aliphatic carbocycles. The summed E-state index contributed by atoms with van der Waals surface area (Å²) >= 11 is 0. The molecule has 0 bridgehead atoms. The van der Waals surface area contributed by atoms with Gasteiger partial charge in [0, 0.05) is 32.7 Å². The molecule has 4 aliphatic rings. The van der Waals surface area contributed by atoms with E-state index in [0.29, 0.717) is 13.1 Å². The van der Waals surface area contributed by atoms with Crippen LogP contribution in [0.15, 0.2) is 24.3 Å². The van der Waals surface area contributed by atoms with Crippen LogP contribution >= 0.6 is 0 Å². The molecular weight excluding hydrogens is 374 g/mol. The highest BCUT2D eigenvalue weighted by molar-refractivity contribution is 6.00. The summed E-state index contributed by atoms with van der Waals surface area (Å²) in [5.74, 6) is -2.22. The Balaban J connectivity index is 1.90. The quantitative estimate of drug-likeness (QED) is 0.659. The minimum atomic E-state index is -1.23. The number of β-amino-alcohol motifs (C(OH)–C–C–N with tert-alkyl or cyclic N) is 1. The Bertz CT molecular complexity index is 808. The number of hydrogen-bond acceptors (Lipinski definition) is 5. The largest absolute Gasteiger partial charge is 0.395 e. The normalized spacial score (nSPS) is 39.0. The average molecular weight is 403 g/mol. The molecule has 2 fully saturated rings. The van der Waals surface area contributed by atoms with Gasteiger partial charge in [0.05, 0.1) is 24.0 Å². The van der Waals surface area contributed by atoms with Gasteiger partial charge in [-0.3, -0.25) is 14.4 Å². The van der Waals surface area contributed by atoms with E-state index in [1.54, 1.807) is 16.8 Å². The highest BCUT2D eigenvalue weighted by atomic mass is 16.5. The summed E-state index contributed by atoms with van der Waals surface area (Å²) in [7, 11) is 1.71. The van der Waals surface area contributed by atoms with Crippen molar-refractivity contribution in [3.63, 3.8) is 0 Å². The molecule has 0 aromatic rings. The van der Waals surface area contributed by atoms with E-state index in [9.17, 15) is 19.5 Å². The number of nitrogens with zero attached hydrogens (tertiary/aromatic N) is 3. The van der Waals surface area contributed by atoms with E-state index in [2.05, 4.69) is 0 Å². The van der Waals surface area contributed by atoms with Crippen molar-refractivity contribution >= 4 is 17.7 Å². The minimum absolute atomic E-state index is 0.0277. The number of carbonyl (C=O) groups excluding carboxylic acids is 3. The lowest BCUT2D eigenvalue weighted by atomic mass is 9.74. The third kappa shape index (κ3) is 2.61. The predicted molar refractivity (Wildman–Crippen MR) is 105 cm³/mol. The van der Waals surface area contributed by atoms with Crippen LogP contribution in [0.4, 0.5) is 0 Å². The van der Waals surface area contributed by atoms with Crippen LogP contribution in [0.5, 0.6) is 0 Å². The molecule has 3 amide bonds. The zero-order chi connectivity index (χ0) is 21.1. The number of aliphatic hydroxyl groups excluding tert-OH is 1. The van der Waals surface area contributed by atoms with E-state index in [4.69, 9.17) is 4.74 Å². The van der Waals surface area contributed by atoms with E-state index in [1.807, 2.05) is 45.1 Å². The number of amides is 3. The number of aliphatic hydroxyl groups is 1. The average Bonchev–Trinajstić information content (AvgIpc) is 2.91. The second-order valence-corrected chi connectivity index (χ2v) is 8.86. The molecule has 4 rings (SSSR count). The molecule has 158 valence electrons. The van der Waals surface area contributed by atoms with Crippen LogP contribution in [0.2, 0.25) is 0 Å². The van der Waals surface area contributed by atoms with Crippen molar-refractivity contribution in [1.82, 2.24) is 14.7 Å². The van der Waals surface area contributed by atoms with Gasteiger partial charge in [-0.05, 0) is 20.8 Å². The van der Waals surface area contributed by atoms with Crippen LogP contribution in [0.1, 0.15) is 20.8 Å². The standard InChI is InChI=1S/C21H29N3O5/c1-13(2)23-10-6-8-21-15(18(27)24(11-12-25)16(21)19(23)28)14-17(26)22(4)9-5-7-20(14,3)29-21/h5-8,13-16,25H,9-12H2,1-4H3/t14-,15-,16?,20+,21-/m0/s1. The van der Waals surface area contributed by atoms with Crippen molar-refractivity contribution in [1.29, 1.82) is 0 Å². The van der Waals surface area contributed by atoms with Crippen LogP contribution in [0.25, 0.3) is 0 Å². The van der Waals surface area contributed by atoms with Crippen molar-refractivity contribution < 1.29 is 24.2 Å². The maximum atomic E-state index is 13.6. The molecule has 0 saturated carbocycles. The number of carbonyl (C=O) groups is 3. The topological polar surface area (TPSA) is 90.4 Å². The predicted octanol–water partition coefficient (Wildman–Crippen LogP) is -0.215. The van der Waals surface area contributed by atoms with Gasteiger partial charge in [0.15, 0.2) is 0 Å². The molecule has 1 N–H and O–H groups in total. The van der Waals surface area contributed by atoms with Crippen LogP contribution in [-0.2, 0) is 19.1 Å². The molecule has 0 radical (unpaired) electrons. The maximum absolute atomic E-state index is 13.6. The zero-order valence-electron chi connectivity index (χ0n) is 17.4. The molecule has 8 nitrogen and oxygen atoms in total. The van der Waals surface area contributed by atoms with Gasteiger partial charge in [-0.15, -0.1) is 0 Å². The lowest BCUT2D eigenvalue weighted by molar-refractivity contribution is -0.153. The van der Waals surface area contributed by atoms with Gasteiger partial charge in [0.2, 0.25) is 17.7 Å². The highest BCUT2D eigenvalue weighted by Gasteiger charge is 2.74. The Morgan fingerprint density at radius 2 is 1.79 bits per heavy atom. The summed E-state index contributed by atoms with van der Waals surface area (Å²) in [5.41, 5.74) is -2.21. The number of fused-ring (bicyclic) bond motifs is 2. The van der Waals surface area contributed by atoms with Gasteiger partial charge in [-0.25, -0.2) is 0 Å². The Hall–Kier alpha value is -2.19. The van der Waals surface area contributed by atoms with Crippen molar-refractivity contribution in [2.24, 2.45) is 11.8 Å². The van der Waals surface area contributed by atoms with Gasteiger partial charge in [-0.1, -0.05) is 24.3 Å². The number of likely N-dealkylation sites (tertiary alicyclic amines) is 1. The third-order valence-corrected chi connectivity index (χ3v) is 6.75. The zero-order valence-corrected chi connectivity index (χ0v) is 17.4. The fraction of sp³-hybridized carbons (Fsp3) is 0.667. The molecule has 4 aliphatic heterocycles. The molecule has 1 unspecified atom stereocenters. The Morgan fingerprint density at radius 3 is 2.45 bits per heavy atom. The van der Waals surface area contributed by atoms with Gasteiger partial charge < -0.3 is 24.5 Å². The van der Waals surface area contributed by atoms with Crippen molar-refractivity contribution in [2.75, 3.05) is 33.3 Å². The molecule has 5 atom stereocenters. The molecule has 0 aromatic heterocycles. The van der Waals surface area contributed by atoms with Crippen molar-refractivity contribution in [3.05, 3.63) is 24.3 Å². The number of likely N-dealkylation sites (N-methyl/N-ethyl adjacent to an activating group) is 1. The Labute approximate surface area is 170 Å².